The first-order valence-electron chi connectivity index (χ1n) is 9.16. The van der Waals surface area contributed by atoms with Crippen molar-refractivity contribution in [2.45, 2.75) is 26.9 Å². The van der Waals surface area contributed by atoms with Crippen molar-refractivity contribution in [2.24, 2.45) is 0 Å². The van der Waals surface area contributed by atoms with E-state index in [1.807, 2.05) is 48.7 Å². The molecule has 0 aliphatic rings. The van der Waals surface area contributed by atoms with Crippen LogP contribution in [0, 0.1) is 19.7 Å². The minimum Gasteiger partial charge on any atom is -0.497 e. The molecule has 150 valence electrons. The van der Waals surface area contributed by atoms with Gasteiger partial charge < -0.3 is 14.0 Å². The third kappa shape index (κ3) is 4.06. The van der Waals surface area contributed by atoms with E-state index in [4.69, 9.17) is 9.47 Å². The molecule has 1 heterocycles. The molecule has 0 aliphatic heterocycles. The number of aromatic nitrogens is 1. The van der Waals surface area contributed by atoms with Crippen LogP contribution in [0.3, 0.4) is 0 Å². The predicted molar refractivity (Wildman–Crippen MR) is 107 cm³/mol. The number of ketones is 1. The molecule has 0 saturated carbocycles. The maximum atomic E-state index is 14.1. The van der Waals surface area contributed by atoms with Gasteiger partial charge in [0, 0.05) is 28.7 Å². The molecule has 3 rings (SSSR count). The molecule has 2 aromatic carbocycles. The Morgan fingerprint density at radius 3 is 2.31 bits per heavy atom. The maximum Gasteiger partial charge on any atom is 0.341 e. The molecule has 6 heteroatoms. The van der Waals surface area contributed by atoms with Crippen LogP contribution in [0.25, 0.3) is 5.69 Å². The van der Waals surface area contributed by atoms with E-state index in [1.54, 1.807) is 6.07 Å². The van der Waals surface area contributed by atoms with Gasteiger partial charge in [-0.1, -0.05) is 18.2 Å². The van der Waals surface area contributed by atoms with Gasteiger partial charge in [0.15, 0.2) is 6.10 Å². The Labute approximate surface area is 168 Å². The highest BCUT2D eigenvalue weighted by Crippen LogP contribution is 2.23. The van der Waals surface area contributed by atoms with E-state index in [2.05, 4.69) is 0 Å². The largest absolute Gasteiger partial charge is 0.497 e. The van der Waals surface area contributed by atoms with Crippen molar-refractivity contribution in [3.8, 4) is 11.4 Å². The molecule has 1 atom stereocenters. The van der Waals surface area contributed by atoms with E-state index in [9.17, 15) is 14.0 Å². The summed E-state index contributed by atoms with van der Waals surface area (Å²) in [6.45, 7) is 5.22. The lowest BCUT2D eigenvalue weighted by Gasteiger charge is -2.14. The average Bonchev–Trinajstić information content (AvgIpc) is 3.01. The molecule has 0 spiro atoms. The van der Waals surface area contributed by atoms with Crippen molar-refractivity contribution in [3.05, 3.63) is 82.9 Å². The number of methoxy groups -OCH3 is 1. The van der Waals surface area contributed by atoms with Gasteiger partial charge in [-0.25, -0.2) is 9.18 Å². The fraction of sp³-hybridized carbons (Fsp3) is 0.217. The highest BCUT2D eigenvalue weighted by molar-refractivity contribution is 6.02. The molecule has 0 aliphatic carbocycles. The SMILES string of the molecule is COc1ccc(C(=O)O[C@@H](C)C(=O)c2cc(C)n(-c3ccccc3)c2C)c(F)c1. The van der Waals surface area contributed by atoms with Crippen molar-refractivity contribution in [1.82, 2.24) is 4.57 Å². The molecule has 0 unspecified atom stereocenters. The summed E-state index contributed by atoms with van der Waals surface area (Å²) in [7, 11) is 1.40. The molecule has 0 radical (unpaired) electrons. The van der Waals surface area contributed by atoms with Gasteiger partial charge in [0.05, 0.1) is 12.7 Å². The number of ether oxygens (including phenoxy) is 2. The Morgan fingerprint density at radius 1 is 1.00 bits per heavy atom. The van der Waals surface area contributed by atoms with E-state index in [1.165, 1.54) is 26.2 Å². The molecule has 0 fully saturated rings. The number of carbonyl (C=O) groups excluding carboxylic acids is 2. The summed E-state index contributed by atoms with van der Waals surface area (Å²) in [5.74, 6) is -1.72. The van der Waals surface area contributed by atoms with Gasteiger partial charge in [-0.3, -0.25) is 4.79 Å². The first kappa shape index (κ1) is 20.3. The number of para-hydroxylation sites is 1. The second-order valence-corrected chi connectivity index (χ2v) is 6.71. The summed E-state index contributed by atoms with van der Waals surface area (Å²) in [5.41, 5.74) is 2.78. The number of hydrogen-bond donors (Lipinski definition) is 0. The van der Waals surface area contributed by atoms with Crippen LogP contribution in [0.4, 0.5) is 4.39 Å². The van der Waals surface area contributed by atoms with Crippen LogP contribution in [0.1, 0.15) is 39.0 Å². The van der Waals surface area contributed by atoms with E-state index >= 15 is 0 Å². The van der Waals surface area contributed by atoms with Crippen LogP contribution in [0.5, 0.6) is 5.75 Å². The van der Waals surface area contributed by atoms with E-state index in [0.29, 0.717) is 5.56 Å². The van der Waals surface area contributed by atoms with Crippen LogP contribution in [-0.2, 0) is 4.74 Å². The van der Waals surface area contributed by atoms with Crippen molar-refractivity contribution < 1.29 is 23.5 Å². The van der Waals surface area contributed by atoms with E-state index in [0.717, 1.165) is 23.1 Å². The second kappa shape index (κ2) is 8.31. The number of carbonyl (C=O) groups is 2. The van der Waals surface area contributed by atoms with Gasteiger partial charge in [0.2, 0.25) is 5.78 Å². The van der Waals surface area contributed by atoms with E-state index < -0.39 is 17.9 Å². The Bertz CT molecular complexity index is 1060. The normalized spacial score (nSPS) is 11.8. The number of hydrogen-bond acceptors (Lipinski definition) is 4. The predicted octanol–water partition coefficient (Wildman–Crippen LogP) is 4.67. The minimum absolute atomic E-state index is 0.250. The van der Waals surface area contributed by atoms with Gasteiger partial charge >= 0.3 is 5.97 Å². The summed E-state index contributed by atoms with van der Waals surface area (Å²) in [6, 6.07) is 15.2. The van der Waals surface area contributed by atoms with Crippen LogP contribution in [-0.4, -0.2) is 29.5 Å². The number of benzene rings is 2. The number of aryl methyl sites for hydroxylation is 1. The number of halogens is 1. The molecule has 29 heavy (non-hydrogen) atoms. The first-order chi connectivity index (χ1) is 13.8. The lowest BCUT2D eigenvalue weighted by molar-refractivity contribution is 0.0314. The standard InChI is InChI=1S/C23H22FNO4/c1-14-12-20(15(2)25(14)17-8-6-5-7-9-17)22(26)16(3)29-23(27)19-11-10-18(28-4)13-21(19)24/h5-13,16H,1-4H3/t16-/m0/s1. The molecule has 5 nitrogen and oxygen atoms in total. The summed E-state index contributed by atoms with van der Waals surface area (Å²) in [5, 5.41) is 0. The Morgan fingerprint density at radius 2 is 1.69 bits per heavy atom. The molecule has 0 bridgehead atoms. The number of esters is 1. The molecule has 0 N–H and O–H groups in total. The molecule has 0 saturated heterocycles. The Kier molecular flexibility index (Phi) is 5.82. The number of rotatable bonds is 6. The third-order valence-electron chi connectivity index (χ3n) is 4.76. The van der Waals surface area contributed by atoms with E-state index in [-0.39, 0.29) is 17.1 Å². The van der Waals surface area contributed by atoms with Gasteiger partial charge in [0.25, 0.3) is 0 Å². The second-order valence-electron chi connectivity index (χ2n) is 6.71. The smallest absolute Gasteiger partial charge is 0.341 e. The first-order valence-corrected chi connectivity index (χ1v) is 9.16. The number of Topliss-reactive ketones (excluding diaryl/α,β-unsaturated/α-hetero) is 1. The topological polar surface area (TPSA) is 57.5 Å². The summed E-state index contributed by atoms with van der Waals surface area (Å²) < 4.78 is 26.2. The summed E-state index contributed by atoms with van der Waals surface area (Å²) >= 11 is 0. The van der Waals surface area contributed by atoms with Gasteiger partial charge in [-0.15, -0.1) is 0 Å². The quantitative estimate of drug-likeness (QED) is 0.450. The van der Waals surface area contributed by atoms with Crippen molar-refractivity contribution in [2.75, 3.05) is 7.11 Å². The zero-order chi connectivity index (χ0) is 21.1. The molecule has 1 aromatic heterocycles. The van der Waals surface area contributed by atoms with Crippen molar-refractivity contribution >= 4 is 11.8 Å². The van der Waals surface area contributed by atoms with Crippen LogP contribution in [0.2, 0.25) is 0 Å². The Balaban J connectivity index is 1.81. The van der Waals surface area contributed by atoms with Gasteiger partial charge in [-0.2, -0.15) is 0 Å². The zero-order valence-corrected chi connectivity index (χ0v) is 16.7. The summed E-state index contributed by atoms with van der Waals surface area (Å²) in [4.78, 5) is 25.2. The maximum absolute atomic E-state index is 14.1. The zero-order valence-electron chi connectivity index (χ0n) is 16.7. The monoisotopic (exact) mass is 395 g/mol. The lowest BCUT2D eigenvalue weighted by Crippen LogP contribution is -2.25. The van der Waals surface area contributed by atoms with Crippen LogP contribution >= 0.6 is 0 Å². The third-order valence-corrected chi connectivity index (χ3v) is 4.76. The van der Waals surface area contributed by atoms with Crippen molar-refractivity contribution in [3.63, 3.8) is 0 Å². The Hall–Kier alpha value is -3.41. The highest BCUT2D eigenvalue weighted by Gasteiger charge is 2.26. The van der Waals surface area contributed by atoms with Crippen LogP contribution in [0.15, 0.2) is 54.6 Å². The summed E-state index contributed by atoms with van der Waals surface area (Å²) in [6.07, 6.45) is -1.06. The fourth-order valence-electron chi connectivity index (χ4n) is 3.27. The lowest BCUT2D eigenvalue weighted by atomic mass is 10.1. The minimum atomic E-state index is -1.06. The molecular formula is C23H22FNO4. The van der Waals surface area contributed by atoms with Crippen LogP contribution < -0.4 is 4.74 Å². The average molecular weight is 395 g/mol. The highest BCUT2D eigenvalue weighted by atomic mass is 19.1. The fourth-order valence-corrected chi connectivity index (χ4v) is 3.27. The molecule has 0 amide bonds. The van der Waals surface area contributed by atoms with Gasteiger partial charge in [0.1, 0.15) is 11.6 Å². The molecule has 3 aromatic rings. The van der Waals surface area contributed by atoms with Crippen molar-refractivity contribution in [1.29, 1.82) is 0 Å². The molecular weight excluding hydrogens is 373 g/mol. The number of nitrogens with zero attached hydrogens (tertiary/aromatic N) is 1. The van der Waals surface area contributed by atoms with Gasteiger partial charge in [-0.05, 0) is 51.1 Å².